The predicted octanol–water partition coefficient (Wildman–Crippen LogP) is 2.76. The van der Waals surface area contributed by atoms with E-state index in [1.807, 2.05) is 6.92 Å². The van der Waals surface area contributed by atoms with Gasteiger partial charge in [0.15, 0.2) is 6.29 Å². The van der Waals surface area contributed by atoms with Gasteiger partial charge in [-0.15, -0.1) is 0 Å². The average Bonchev–Trinajstić information content (AvgIpc) is 3.08. The molecule has 1 saturated carbocycles. The Kier molecular flexibility index (Phi) is 4.63. The van der Waals surface area contributed by atoms with E-state index in [4.69, 9.17) is 14.2 Å². The molecule has 1 radical (unpaired) electrons. The Morgan fingerprint density at radius 2 is 2.06 bits per heavy atom. The maximum Gasteiger partial charge on any atom is 0.154 e. The van der Waals surface area contributed by atoms with Crippen molar-refractivity contribution >= 4 is 8.80 Å². The second-order valence-corrected chi connectivity index (χ2v) is 8.72. The lowest BCUT2D eigenvalue weighted by molar-refractivity contribution is -0.120. The van der Waals surface area contributed by atoms with Crippen molar-refractivity contribution in [3.05, 3.63) is 0 Å². The largest absolute Gasteiger partial charge is 0.370 e. The van der Waals surface area contributed by atoms with Crippen LogP contribution in [0.25, 0.3) is 0 Å². The Labute approximate surface area is 106 Å². The third kappa shape index (κ3) is 3.31. The molecule has 5 unspecified atom stereocenters. The van der Waals surface area contributed by atoms with Gasteiger partial charge in [0.25, 0.3) is 0 Å². The highest BCUT2D eigenvalue weighted by Crippen LogP contribution is 2.44. The van der Waals surface area contributed by atoms with Crippen LogP contribution in [0.3, 0.4) is 0 Å². The second kappa shape index (κ2) is 5.82. The van der Waals surface area contributed by atoms with E-state index in [1.54, 1.807) is 7.11 Å². The summed E-state index contributed by atoms with van der Waals surface area (Å²) in [4.78, 5) is 0. The van der Waals surface area contributed by atoms with Crippen LogP contribution in [0.2, 0.25) is 11.6 Å². The molecular formula is C13H25O3Si. The predicted molar refractivity (Wildman–Crippen MR) is 69.5 cm³/mol. The highest BCUT2D eigenvalue weighted by Gasteiger charge is 2.46. The molecule has 2 aliphatic rings. The van der Waals surface area contributed by atoms with Gasteiger partial charge >= 0.3 is 0 Å². The van der Waals surface area contributed by atoms with Gasteiger partial charge in [0, 0.05) is 12.8 Å². The smallest absolute Gasteiger partial charge is 0.154 e. The van der Waals surface area contributed by atoms with Gasteiger partial charge in [0.05, 0.1) is 21.0 Å². The number of fused-ring (bicyclic) bond motifs is 1. The number of methoxy groups -OCH3 is 1. The van der Waals surface area contributed by atoms with E-state index in [1.165, 1.54) is 25.3 Å². The summed E-state index contributed by atoms with van der Waals surface area (Å²) in [5.41, 5.74) is 1.24. The Morgan fingerprint density at radius 3 is 2.65 bits per heavy atom. The molecule has 0 aromatic carbocycles. The molecule has 2 rings (SSSR count). The maximum atomic E-state index is 5.94. The average molecular weight is 257 g/mol. The zero-order valence-corrected chi connectivity index (χ0v) is 12.4. The Hall–Kier alpha value is 0.0969. The molecule has 0 aromatic heterocycles. The summed E-state index contributed by atoms with van der Waals surface area (Å²) in [5, 5.41) is 0. The first kappa shape index (κ1) is 13.5. The fourth-order valence-electron chi connectivity index (χ4n) is 3.08. The molecule has 0 spiro atoms. The third-order valence-electron chi connectivity index (χ3n) is 4.19. The standard InChI is InChI=1S/C13H25O3Si/c1-5-17(10(3)15-9(2)14-4)11-6-7-12-13(8-11)16-12/h9-13H,5-8H2,1-4H3. The summed E-state index contributed by atoms with van der Waals surface area (Å²) in [6.07, 6.45) is 5.02. The highest BCUT2D eigenvalue weighted by molar-refractivity contribution is 6.61. The summed E-state index contributed by atoms with van der Waals surface area (Å²) >= 11 is 0. The van der Waals surface area contributed by atoms with Crippen molar-refractivity contribution in [2.75, 3.05) is 7.11 Å². The van der Waals surface area contributed by atoms with E-state index in [0.29, 0.717) is 17.9 Å². The van der Waals surface area contributed by atoms with E-state index in [-0.39, 0.29) is 6.29 Å². The molecule has 17 heavy (non-hydrogen) atoms. The molecule has 1 heterocycles. The van der Waals surface area contributed by atoms with E-state index >= 15 is 0 Å². The minimum Gasteiger partial charge on any atom is -0.370 e. The van der Waals surface area contributed by atoms with Gasteiger partial charge in [0.2, 0.25) is 0 Å². The summed E-state index contributed by atoms with van der Waals surface area (Å²) in [5.74, 6) is 0. The summed E-state index contributed by atoms with van der Waals surface area (Å²) in [6.45, 7) is 6.52. The van der Waals surface area contributed by atoms with Crippen LogP contribution >= 0.6 is 0 Å². The van der Waals surface area contributed by atoms with Crippen LogP contribution in [0.15, 0.2) is 0 Å². The summed E-state index contributed by atoms with van der Waals surface area (Å²) in [7, 11) is 1.25. The molecule has 1 aliphatic carbocycles. The first-order valence-corrected chi connectivity index (χ1v) is 8.71. The Bertz CT molecular complexity index is 249. The quantitative estimate of drug-likeness (QED) is 0.416. The molecular weight excluding hydrogens is 232 g/mol. The van der Waals surface area contributed by atoms with Gasteiger partial charge in [-0.1, -0.05) is 19.4 Å². The van der Waals surface area contributed by atoms with E-state index in [2.05, 4.69) is 13.8 Å². The molecule has 0 bridgehead atoms. The normalized spacial score (nSPS) is 35.5. The van der Waals surface area contributed by atoms with Gasteiger partial charge in [-0.25, -0.2) is 0 Å². The Morgan fingerprint density at radius 1 is 1.29 bits per heavy atom. The second-order valence-electron chi connectivity index (χ2n) is 5.23. The lowest BCUT2D eigenvalue weighted by atomic mass is 10.0. The third-order valence-corrected chi connectivity index (χ3v) is 7.76. The van der Waals surface area contributed by atoms with Gasteiger partial charge in [-0.2, -0.15) is 0 Å². The molecule has 99 valence electrons. The van der Waals surface area contributed by atoms with Gasteiger partial charge in [-0.3, -0.25) is 0 Å². The molecule has 0 N–H and O–H groups in total. The van der Waals surface area contributed by atoms with E-state index < -0.39 is 8.80 Å². The fourth-order valence-corrected chi connectivity index (χ4v) is 6.33. The van der Waals surface area contributed by atoms with Crippen molar-refractivity contribution in [1.29, 1.82) is 0 Å². The summed E-state index contributed by atoms with van der Waals surface area (Å²) < 4.78 is 16.8. The zero-order chi connectivity index (χ0) is 12.4. The number of hydrogen-bond donors (Lipinski definition) is 0. The van der Waals surface area contributed by atoms with Crippen LogP contribution in [-0.2, 0) is 14.2 Å². The van der Waals surface area contributed by atoms with Crippen LogP contribution in [0.4, 0.5) is 0 Å². The van der Waals surface area contributed by atoms with Crippen molar-refractivity contribution in [1.82, 2.24) is 0 Å². The molecule has 0 amide bonds. The SMILES string of the molecule is CC[Si](C1CCC2OC2C1)C(C)OC(C)OC. The lowest BCUT2D eigenvalue weighted by Gasteiger charge is -2.32. The van der Waals surface area contributed by atoms with E-state index in [0.717, 1.165) is 5.54 Å². The molecule has 4 heteroatoms. The van der Waals surface area contributed by atoms with Crippen LogP contribution < -0.4 is 0 Å². The number of hydrogen-bond acceptors (Lipinski definition) is 3. The van der Waals surface area contributed by atoms with Crippen molar-refractivity contribution in [2.45, 2.75) is 75.8 Å². The molecule has 2 fully saturated rings. The molecule has 5 atom stereocenters. The first-order valence-electron chi connectivity index (χ1n) is 6.85. The number of epoxide rings is 1. The van der Waals surface area contributed by atoms with Crippen LogP contribution in [0, 0.1) is 0 Å². The maximum absolute atomic E-state index is 5.94. The van der Waals surface area contributed by atoms with Gasteiger partial charge in [0.1, 0.15) is 0 Å². The first-order chi connectivity index (χ1) is 8.15. The zero-order valence-electron chi connectivity index (χ0n) is 11.4. The topological polar surface area (TPSA) is 31.0 Å². The van der Waals surface area contributed by atoms with Crippen LogP contribution in [0.1, 0.15) is 40.0 Å². The summed E-state index contributed by atoms with van der Waals surface area (Å²) in [6, 6.07) is 1.28. The minimum atomic E-state index is -0.455. The molecule has 1 saturated heterocycles. The molecule has 0 aromatic rings. The van der Waals surface area contributed by atoms with E-state index in [9.17, 15) is 0 Å². The van der Waals surface area contributed by atoms with Crippen molar-refractivity contribution < 1.29 is 14.2 Å². The monoisotopic (exact) mass is 257 g/mol. The number of ether oxygens (including phenoxy) is 3. The van der Waals surface area contributed by atoms with Gasteiger partial charge < -0.3 is 14.2 Å². The van der Waals surface area contributed by atoms with Crippen molar-refractivity contribution in [2.24, 2.45) is 0 Å². The van der Waals surface area contributed by atoms with Crippen LogP contribution in [-0.4, -0.2) is 40.1 Å². The highest BCUT2D eigenvalue weighted by atomic mass is 28.3. The fraction of sp³-hybridized carbons (Fsp3) is 1.00. The molecule has 1 aliphatic heterocycles. The van der Waals surface area contributed by atoms with Gasteiger partial charge in [-0.05, 0) is 32.2 Å². The Balaban J connectivity index is 1.85. The lowest BCUT2D eigenvalue weighted by Crippen LogP contribution is -2.39. The number of rotatable bonds is 6. The molecule has 3 nitrogen and oxygen atoms in total. The van der Waals surface area contributed by atoms with Crippen molar-refractivity contribution in [3.8, 4) is 0 Å². The van der Waals surface area contributed by atoms with Crippen LogP contribution in [0.5, 0.6) is 0 Å². The van der Waals surface area contributed by atoms with Crippen molar-refractivity contribution in [3.63, 3.8) is 0 Å². The minimum absolute atomic E-state index is 0.0786.